The molecule has 0 aromatic heterocycles. The number of methoxy groups -OCH3 is 1. The van der Waals surface area contributed by atoms with Crippen LogP contribution in [0.15, 0.2) is 24.3 Å². The first-order valence-electron chi connectivity index (χ1n) is 6.65. The van der Waals surface area contributed by atoms with Crippen LogP contribution in [0.3, 0.4) is 0 Å². The van der Waals surface area contributed by atoms with E-state index in [0.717, 1.165) is 17.7 Å². The fraction of sp³-hybridized carbons (Fsp3) is 0.600. The highest BCUT2D eigenvalue weighted by molar-refractivity contribution is 5.31. The quantitative estimate of drug-likeness (QED) is 0.774. The molecular weight excluding hydrogens is 210 g/mol. The summed E-state index contributed by atoms with van der Waals surface area (Å²) in [7, 11) is 4.03. The molecule has 17 heavy (non-hydrogen) atoms. The van der Waals surface area contributed by atoms with Gasteiger partial charge in [-0.1, -0.05) is 18.6 Å². The Labute approximate surface area is 104 Å². The maximum absolute atomic E-state index is 5.33. The molecule has 1 aliphatic carbocycles. The van der Waals surface area contributed by atoms with Crippen LogP contribution in [0.25, 0.3) is 0 Å². The van der Waals surface area contributed by atoms with Crippen molar-refractivity contribution < 1.29 is 4.74 Å². The van der Waals surface area contributed by atoms with Crippen molar-refractivity contribution in [2.24, 2.45) is 5.92 Å². The summed E-state index contributed by atoms with van der Waals surface area (Å²) in [6, 6.07) is 9.99. The zero-order chi connectivity index (χ0) is 11.8. The van der Waals surface area contributed by atoms with Gasteiger partial charge in [0, 0.05) is 12.1 Å². The number of hydrogen-bond donors (Lipinski definition) is 0. The zero-order valence-corrected chi connectivity index (χ0v) is 10.7. The van der Waals surface area contributed by atoms with E-state index in [9.17, 15) is 0 Å². The lowest BCUT2D eigenvalue weighted by molar-refractivity contribution is 0.235. The van der Waals surface area contributed by atoms with Crippen LogP contribution in [-0.4, -0.2) is 25.1 Å². The Morgan fingerprint density at radius 1 is 1.29 bits per heavy atom. The van der Waals surface area contributed by atoms with Crippen LogP contribution >= 0.6 is 0 Å². The molecule has 2 nitrogen and oxygen atoms in total. The van der Waals surface area contributed by atoms with Crippen molar-refractivity contribution in [3.8, 4) is 5.75 Å². The van der Waals surface area contributed by atoms with Crippen molar-refractivity contribution in [2.45, 2.75) is 37.8 Å². The summed E-state index contributed by atoms with van der Waals surface area (Å²) in [4.78, 5) is 2.59. The third-order valence-electron chi connectivity index (χ3n) is 4.64. The van der Waals surface area contributed by atoms with Gasteiger partial charge in [0.2, 0.25) is 0 Å². The SMILES string of the molecule is COc1cccc([C@H]2C[C@@H]3CCC[C@H]3N2C)c1. The highest BCUT2D eigenvalue weighted by atomic mass is 16.5. The normalized spacial score (nSPS) is 32.7. The lowest BCUT2D eigenvalue weighted by Crippen LogP contribution is -2.27. The summed E-state index contributed by atoms with van der Waals surface area (Å²) in [5, 5.41) is 0. The van der Waals surface area contributed by atoms with Gasteiger partial charge in [0.25, 0.3) is 0 Å². The van der Waals surface area contributed by atoms with Crippen LogP contribution in [0, 0.1) is 5.92 Å². The molecule has 0 unspecified atom stereocenters. The van der Waals surface area contributed by atoms with Crippen molar-refractivity contribution in [1.29, 1.82) is 0 Å². The summed E-state index contributed by atoms with van der Waals surface area (Å²) < 4.78 is 5.33. The lowest BCUT2D eigenvalue weighted by Gasteiger charge is -2.25. The summed E-state index contributed by atoms with van der Waals surface area (Å²) in [6.07, 6.45) is 5.57. The number of fused-ring (bicyclic) bond motifs is 1. The Morgan fingerprint density at radius 2 is 2.18 bits per heavy atom. The average Bonchev–Trinajstić information content (AvgIpc) is 2.93. The Bertz CT molecular complexity index is 404. The van der Waals surface area contributed by atoms with Gasteiger partial charge in [0.15, 0.2) is 0 Å². The van der Waals surface area contributed by atoms with Crippen LogP contribution in [0.1, 0.15) is 37.3 Å². The first-order chi connectivity index (χ1) is 8.29. The van der Waals surface area contributed by atoms with E-state index in [4.69, 9.17) is 4.74 Å². The summed E-state index contributed by atoms with van der Waals surface area (Å²) in [6.45, 7) is 0. The van der Waals surface area contributed by atoms with E-state index in [-0.39, 0.29) is 0 Å². The smallest absolute Gasteiger partial charge is 0.119 e. The van der Waals surface area contributed by atoms with Crippen LogP contribution in [0.4, 0.5) is 0 Å². The number of rotatable bonds is 2. The maximum Gasteiger partial charge on any atom is 0.119 e. The molecule has 1 aromatic rings. The van der Waals surface area contributed by atoms with Crippen LogP contribution in [0.2, 0.25) is 0 Å². The van der Waals surface area contributed by atoms with Gasteiger partial charge in [-0.05, 0) is 49.9 Å². The molecule has 2 aliphatic rings. The standard InChI is InChI=1S/C15H21NO/c1-16-14-8-4-6-12(14)10-15(16)11-5-3-7-13(9-11)17-2/h3,5,7,9,12,14-15H,4,6,8,10H2,1-2H3/t12-,14+,15+/m0/s1. The van der Waals surface area contributed by atoms with E-state index in [0.29, 0.717) is 6.04 Å². The van der Waals surface area contributed by atoms with Crippen molar-refractivity contribution >= 4 is 0 Å². The van der Waals surface area contributed by atoms with E-state index >= 15 is 0 Å². The fourth-order valence-corrected chi connectivity index (χ4v) is 3.73. The van der Waals surface area contributed by atoms with Crippen molar-refractivity contribution in [3.05, 3.63) is 29.8 Å². The number of ether oxygens (including phenoxy) is 1. The third kappa shape index (κ3) is 1.85. The second kappa shape index (κ2) is 4.34. The summed E-state index contributed by atoms with van der Waals surface area (Å²) >= 11 is 0. The van der Waals surface area contributed by atoms with Crippen molar-refractivity contribution in [1.82, 2.24) is 4.90 Å². The minimum atomic E-state index is 0.598. The fourth-order valence-electron chi connectivity index (χ4n) is 3.73. The molecule has 92 valence electrons. The molecular formula is C15H21NO. The zero-order valence-electron chi connectivity index (χ0n) is 10.7. The first-order valence-corrected chi connectivity index (χ1v) is 6.65. The number of benzene rings is 1. The monoisotopic (exact) mass is 231 g/mol. The molecule has 1 aliphatic heterocycles. The second-order valence-corrected chi connectivity index (χ2v) is 5.45. The molecule has 1 saturated heterocycles. The molecule has 0 bridgehead atoms. The van der Waals surface area contributed by atoms with Gasteiger partial charge < -0.3 is 4.74 Å². The lowest BCUT2D eigenvalue weighted by atomic mass is 9.98. The minimum Gasteiger partial charge on any atom is -0.497 e. The Balaban J connectivity index is 1.84. The van der Waals surface area contributed by atoms with Gasteiger partial charge >= 0.3 is 0 Å². The third-order valence-corrected chi connectivity index (χ3v) is 4.64. The average molecular weight is 231 g/mol. The van der Waals surface area contributed by atoms with E-state index in [1.165, 1.54) is 31.2 Å². The van der Waals surface area contributed by atoms with Gasteiger partial charge in [-0.15, -0.1) is 0 Å². The largest absolute Gasteiger partial charge is 0.497 e. The molecule has 0 radical (unpaired) electrons. The van der Waals surface area contributed by atoms with E-state index in [1.54, 1.807) is 7.11 Å². The molecule has 1 saturated carbocycles. The first kappa shape index (κ1) is 11.1. The van der Waals surface area contributed by atoms with Crippen molar-refractivity contribution in [2.75, 3.05) is 14.2 Å². The highest BCUT2D eigenvalue weighted by Crippen LogP contribution is 2.46. The van der Waals surface area contributed by atoms with Gasteiger partial charge in [-0.25, -0.2) is 0 Å². The van der Waals surface area contributed by atoms with Gasteiger partial charge in [-0.3, -0.25) is 4.90 Å². The van der Waals surface area contributed by atoms with Gasteiger partial charge in [0.1, 0.15) is 5.75 Å². The Kier molecular flexibility index (Phi) is 2.83. The molecule has 3 rings (SSSR count). The predicted molar refractivity (Wildman–Crippen MR) is 69.2 cm³/mol. The molecule has 1 aromatic carbocycles. The summed E-state index contributed by atoms with van der Waals surface area (Å²) in [5.41, 5.74) is 1.42. The van der Waals surface area contributed by atoms with Crippen LogP contribution in [-0.2, 0) is 0 Å². The van der Waals surface area contributed by atoms with Gasteiger partial charge in [-0.2, -0.15) is 0 Å². The molecule has 2 heteroatoms. The minimum absolute atomic E-state index is 0.598. The second-order valence-electron chi connectivity index (χ2n) is 5.45. The summed E-state index contributed by atoms with van der Waals surface area (Å²) in [5.74, 6) is 1.91. The Hall–Kier alpha value is -1.02. The predicted octanol–water partition coefficient (Wildman–Crippen LogP) is 3.24. The van der Waals surface area contributed by atoms with Crippen LogP contribution < -0.4 is 4.74 Å². The number of hydrogen-bond acceptors (Lipinski definition) is 2. The molecule has 2 fully saturated rings. The number of nitrogens with zero attached hydrogens (tertiary/aromatic N) is 1. The van der Waals surface area contributed by atoms with Crippen LogP contribution in [0.5, 0.6) is 5.75 Å². The van der Waals surface area contributed by atoms with Crippen molar-refractivity contribution in [3.63, 3.8) is 0 Å². The van der Waals surface area contributed by atoms with Gasteiger partial charge in [0.05, 0.1) is 7.11 Å². The van der Waals surface area contributed by atoms with E-state index in [1.807, 2.05) is 6.07 Å². The maximum atomic E-state index is 5.33. The highest BCUT2D eigenvalue weighted by Gasteiger charge is 2.41. The van der Waals surface area contributed by atoms with E-state index < -0.39 is 0 Å². The Morgan fingerprint density at radius 3 is 2.94 bits per heavy atom. The molecule has 0 N–H and O–H groups in total. The number of likely N-dealkylation sites (tertiary alicyclic amines) is 1. The molecule has 0 amide bonds. The van der Waals surface area contributed by atoms with E-state index in [2.05, 4.69) is 30.1 Å². The topological polar surface area (TPSA) is 12.5 Å². The molecule has 3 atom stereocenters. The molecule has 1 heterocycles. The molecule has 0 spiro atoms.